The van der Waals surface area contributed by atoms with E-state index in [0.717, 1.165) is 11.1 Å². The van der Waals surface area contributed by atoms with E-state index < -0.39 is 0 Å². The summed E-state index contributed by atoms with van der Waals surface area (Å²) in [6.45, 7) is 2.06. The van der Waals surface area contributed by atoms with Gasteiger partial charge in [0, 0.05) is 5.56 Å². The first-order valence-electron chi connectivity index (χ1n) is 6.09. The highest BCUT2D eigenvalue weighted by molar-refractivity contribution is 5.93. The fraction of sp³-hybridized carbons (Fsp3) is 0.133. The van der Waals surface area contributed by atoms with Crippen molar-refractivity contribution in [1.82, 2.24) is 5.43 Å². The molecule has 5 heteroatoms. The van der Waals surface area contributed by atoms with Crippen molar-refractivity contribution in [2.45, 2.75) is 13.5 Å². The second-order valence-electron chi connectivity index (χ2n) is 4.37. The number of halogens is 1. The van der Waals surface area contributed by atoms with Gasteiger partial charge in [0.25, 0.3) is 5.91 Å². The average Bonchev–Trinajstić information content (AvgIpc) is 2.46. The van der Waals surface area contributed by atoms with E-state index in [-0.39, 0.29) is 18.3 Å². The Morgan fingerprint density at radius 2 is 2.10 bits per heavy atom. The standard InChI is InChI=1S/C15H15FN2O2/c1-10-7-13(16)5-6-14(10)20-9-11-3-2-4-12(8-11)15(19)18-17/h2-8H,9,17H2,1H3,(H,18,19). The van der Waals surface area contributed by atoms with Crippen LogP contribution in [0.5, 0.6) is 5.75 Å². The zero-order chi connectivity index (χ0) is 14.5. The number of hydrogen-bond acceptors (Lipinski definition) is 3. The Hall–Kier alpha value is -2.40. The number of amides is 1. The third kappa shape index (κ3) is 3.33. The lowest BCUT2D eigenvalue weighted by molar-refractivity contribution is 0.0953. The maximum absolute atomic E-state index is 13.0. The molecule has 0 bridgehead atoms. The largest absolute Gasteiger partial charge is 0.489 e. The number of rotatable bonds is 4. The maximum atomic E-state index is 13.0. The van der Waals surface area contributed by atoms with Crippen LogP contribution in [0.3, 0.4) is 0 Å². The molecule has 0 fully saturated rings. The zero-order valence-electron chi connectivity index (χ0n) is 11.0. The molecule has 0 saturated heterocycles. The SMILES string of the molecule is Cc1cc(F)ccc1OCc1cccc(C(=O)NN)c1. The minimum atomic E-state index is -0.357. The summed E-state index contributed by atoms with van der Waals surface area (Å²) in [6.07, 6.45) is 0. The quantitative estimate of drug-likeness (QED) is 0.511. The van der Waals surface area contributed by atoms with Gasteiger partial charge in [0.2, 0.25) is 0 Å². The van der Waals surface area contributed by atoms with Crippen LogP contribution in [0.25, 0.3) is 0 Å². The molecular formula is C15H15FN2O2. The average molecular weight is 274 g/mol. The normalized spacial score (nSPS) is 10.2. The molecule has 0 aliphatic heterocycles. The van der Waals surface area contributed by atoms with Crippen molar-refractivity contribution in [1.29, 1.82) is 0 Å². The van der Waals surface area contributed by atoms with Crippen LogP contribution in [0, 0.1) is 12.7 Å². The number of hydrazine groups is 1. The van der Waals surface area contributed by atoms with Crippen LogP contribution in [0.15, 0.2) is 42.5 Å². The molecule has 0 aromatic heterocycles. The van der Waals surface area contributed by atoms with Gasteiger partial charge in [-0.25, -0.2) is 10.2 Å². The second-order valence-corrected chi connectivity index (χ2v) is 4.37. The van der Waals surface area contributed by atoms with Gasteiger partial charge >= 0.3 is 0 Å². The topological polar surface area (TPSA) is 64.3 Å². The van der Waals surface area contributed by atoms with E-state index >= 15 is 0 Å². The van der Waals surface area contributed by atoms with E-state index in [4.69, 9.17) is 10.6 Å². The molecule has 0 atom stereocenters. The molecule has 0 saturated carbocycles. The van der Waals surface area contributed by atoms with Gasteiger partial charge in [-0.1, -0.05) is 12.1 Å². The van der Waals surface area contributed by atoms with Gasteiger partial charge in [-0.2, -0.15) is 0 Å². The fourth-order valence-corrected chi connectivity index (χ4v) is 1.82. The van der Waals surface area contributed by atoms with E-state index in [9.17, 15) is 9.18 Å². The molecule has 2 aromatic rings. The smallest absolute Gasteiger partial charge is 0.265 e. The summed E-state index contributed by atoms with van der Waals surface area (Å²) >= 11 is 0. The van der Waals surface area contributed by atoms with Crippen LogP contribution in [0.4, 0.5) is 4.39 Å². The van der Waals surface area contributed by atoms with E-state index in [1.165, 1.54) is 12.1 Å². The number of nitrogen functional groups attached to an aromatic ring is 1. The monoisotopic (exact) mass is 274 g/mol. The number of ether oxygens (including phenoxy) is 1. The van der Waals surface area contributed by atoms with Crippen molar-refractivity contribution in [2.75, 3.05) is 0 Å². The molecule has 0 radical (unpaired) electrons. The van der Waals surface area contributed by atoms with Gasteiger partial charge in [-0.3, -0.25) is 10.2 Å². The van der Waals surface area contributed by atoms with Gasteiger partial charge in [0.05, 0.1) is 0 Å². The van der Waals surface area contributed by atoms with Crippen LogP contribution in [0.1, 0.15) is 21.5 Å². The highest BCUT2D eigenvalue weighted by Crippen LogP contribution is 2.20. The van der Waals surface area contributed by atoms with Crippen molar-refractivity contribution < 1.29 is 13.9 Å². The third-order valence-corrected chi connectivity index (χ3v) is 2.85. The summed E-state index contributed by atoms with van der Waals surface area (Å²) in [6, 6.07) is 11.3. The first-order chi connectivity index (χ1) is 9.60. The zero-order valence-corrected chi connectivity index (χ0v) is 11.0. The fourth-order valence-electron chi connectivity index (χ4n) is 1.82. The van der Waals surface area contributed by atoms with E-state index in [1.54, 1.807) is 31.2 Å². The predicted molar refractivity (Wildman–Crippen MR) is 73.6 cm³/mol. The van der Waals surface area contributed by atoms with Crippen molar-refractivity contribution in [3.63, 3.8) is 0 Å². The molecule has 1 amide bonds. The van der Waals surface area contributed by atoms with Crippen molar-refractivity contribution in [3.8, 4) is 5.75 Å². The van der Waals surface area contributed by atoms with Crippen LogP contribution in [0.2, 0.25) is 0 Å². The lowest BCUT2D eigenvalue weighted by atomic mass is 10.1. The molecule has 2 aromatic carbocycles. The summed E-state index contributed by atoms with van der Waals surface area (Å²) < 4.78 is 18.6. The minimum Gasteiger partial charge on any atom is -0.489 e. The van der Waals surface area contributed by atoms with Crippen molar-refractivity contribution in [3.05, 3.63) is 65.0 Å². The summed E-state index contributed by atoms with van der Waals surface area (Å²) in [5.41, 5.74) is 4.09. The summed E-state index contributed by atoms with van der Waals surface area (Å²) in [5, 5.41) is 0. The first kappa shape index (κ1) is 14.0. The van der Waals surface area contributed by atoms with E-state index in [1.807, 2.05) is 6.07 Å². The predicted octanol–water partition coefficient (Wildman–Crippen LogP) is 2.32. The Morgan fingerprint density at radius 1 is 1.30 bits per heavy atom. The Labute approximate surface area is 116 Å². The second kappa shape index (κ2) is 6.16. The number of aryl methyl sites for hydroxylation is 1. The Balaban J connectivity index is 2.09. The highest BCUT2D eigenvalue weighted by Gasteiger charge is 2.05. The molecule has 0 heterocycles. The highest BCUT2D eigenvalue weighted by atomic mass is 19.1. The number of benzene rings is 2. The van der Waals surface area contributed by atoms with Gasteiger partial charge in [-0.15, -0.1) is 0 Å². The third-order valence-electron chi connectivity index (χ3n) is 2.85. The van der Waals surface area contributed by atoms with Crippen molar-refractivity contribution >= 4 is 5.91 Å². The van der Waals surface area contributed by atoms with Crippen LogP contribution >= 0.6 is 0 Å². The molecule has 2 rings (SSSR count). The number of hydrogen-bond donors (Lipinski definition) is 2. The molecule has 0 unspecified atom stereocenters. The van der Waals surface area contributed by atoms with E-state index in [2.05, 4.69) is 5.43 Å². The molecular weight excluding hydrogens is 259 g/mol. The molecule has 0 aliphatic rings. The van der Waals surface area contributed by atoms with Gasteiger partial charge in [0.15, 0.2) is 0 Å². The Morgan fingerprint density at radius 3 is 2.80 bits per heavy atom. The lowest BCUT2D eigenvalue weighted by Gasteiger charge is -2.10. The van der Waals surface area contributed by atoms with Crippen molar-refractivity contribution in [2.24, 2.45) is 5.84 Å². The van der Waals surface area contributed by atoms with Gasteiger partial charge in [0.1, 0.15) is 18.2 Å². The molecule has 0 aliphatic carbocycles. The van der Waals surface area contributed by atoms with E-state index in [0.29, 0.717) is 11.3 Å². The van der Waals surface area contributed by atoms with Gasteiger partial charge in [-0.05, 0) is 48.4 Å². The minimum absolute atomic E-state index is 0.290. The number of carbonyl (C=O) groups is 1. The van der Waals surface area contributed by atoms with Crippen LogP contribution < -0.4 is 16.0 Å². The molecule has 3 N–H and O–H groups in total. The lowest BCUT2D eigenvalue weighted by Crippen LogP contribution is -2.30. The Kier molecular flexibility index (Phi) is 4.32. The number of nitrogens with two attached hydrogens (primary N) is 1. The summed E-state index contributed by atoms with van der Waals surface area (Å²) in [7, 11) is 0. The number of nitrogens with one attached hydrogen (secondary N) is 1. The molecule has 20 heavy (non-hydrogen) atoms. The van der Waals surface area contributed by atoms with Gasteiger partial charge < -0.3 is 4.74 Å². The van der Waals surface area contributed by atoms with Crippen LogP contribution in [-0.4, -0.2) is 5.91 Å². The number of carbonyl (C=O) groups excluding carboxylic acids is 1. The molecule has 4 nitrogen and oxygen atoms in total. The first-order valence-corrected chi connectivity index (χ1v) is 6.09. The Bertz CT molecular complexity index is 629. The molecule has 0 spiro atoms. The van der Waals surface area contributed by atoms with Crippen LogP contribution in [-0.2, 0) is 6.61 Å². The summed E-state index contributed by atoms with van der Waals surface area (Å²) in [4.78, 5) is 11.4. The summed E-state index contributed by atoms with van der Waals surface area (Å²) in [5.74, 6) is 5.05. The molecule has 104 valence electrons. The maximum Gasteiger partial charge on any atom is 0.265 e.